The Kier molecular flexibility index (Phi) is 10.4. The van der Waals surface area contributed by atoms with Gasteiger partial charge in [-0.2, -0.15) is 10.5 Å². The van der Waals surface area contributed by atoms with E-state index in [0.717, 1.165) is 43.4 Å². The number of rotatable bonds is 12. The van der Waals surface area contributed by atoms with E-state index in [-0.39, 0.29) is 21.9 Å². The lowest BCUT2D eigenvalue weighted by Crippen LogP contribution is -2.07. The number of hydrogen-bond donors (Lipinski definition) is 1. The molecule has 0 amide bonds. The van der Waals surface area contributed by atoms with E-state index in [2.05, 4.69) is 26.0 Å². The van der Waals surface area contributed by atoms with Crippen molar-refractivity contribution in [1.29, 1.82) is 10.5 Å². The van der Waals surface area contributed by atoms with E-state index in [1.54, 1.807) is 6.07 Å². The van der Waals surface area contributed by atoms with E-state index in [4.69, 9.17) is 26.8 Å². The molecule has 2 aromatic rings. The molecule has 0 aliphatic rings. The van der Waals surface area contributed by atoms with Crippen molar-refractivity contribution < 1.29 is 9.47 Å². The maximum absolute atomic E-state index is 9.89. The SMILES string of the molecule is CCCCCOc1c(Cl)c(Sc2ccccc2N)c(OCCCCC)c(C#N)c1C#N. The molecule has 0 fully saturated rings. The van der Waals surface area contributed by atoms with E-state index >= 15 is 0 Å². The Hall–Kier alpha value is -2.54. The van der Waals surface area contributed by atoms with Gasteiger partial charge in [0.1, 0.15) is 28.3 Å². The van der Waals surface area contributed by atoms with Crippen molar-refractivity contribution in [2.45, 2.75) is 62.2 Å². The first-order valence-corrected chi connectivity index (χ1v) is 11.8. The monoisotopic (exact) mass is 457 g/mol. The van der Waals surface area contributed by atoms with Crippen LogP contribution in [0.2, 0.25) is 5.02 Å². The van der Waals surface area contributed by atoms with Crippen LogP contribution < -0.4 is 15.2 Å². The summed E-state index contributed by atoms with van der Waals surface area (Å²) in [5.41, 5.74) is 6.98. The number of nitriles is 2. The van der Waals surface area contributed by atoms with Gasteiger partial charge < -0.3 is 15.2 Å². The number of benzene rings is 2. The van der Waals surface area contributed by atoms with Crippen LogP contribution in [0, 0.1) is 22.7 Å². The van der Waals surface area contributed by atoms with Crippen molar-refractivity contribution in [2.24, 2.45) is 0 Å². The number of nitrogens with two attached hydrogens (primary N) is 1. The smallest absolute Gasteiger partial charge is 0.158 e. The standard InChI is InChI=1S/C24H28ClN3O2S/c1-3-5-9-13-29-22-17(15-26)18(16-27)23(30-14-10-6-4-2)24(21(22)25)31-20-12-8-7-11-19(20)28/h7-8,11-12H,3-6,9-10,13-14,28H2,1-2H3. The third-order valence-corrected chi connectivity index (χ3v) is 6.31. The van der Waals surface area contributed by atoms with Crippen molar-refractivity contribution in [2.75, 3.05) is 18.9 Å². The van der Waals surface area contributed by atoms with Crippen LogP contribution in [0.15, 0.2) is 34.1 Å². The highest BCUT2D eigenvalue weighted by Crippen LogP contribution is 2.49. The Morgan fingerprint density at radius 1 is 0.903 bits per heavy atom. The van der Waals surface area contributed by atoms with E-state index < -0.39 is 0 Å². The van der Waals surface area contributed by atoms with Gasteiger partial charge >= 0.3 is 0 Å². The summed E-state index contributed by atoms with van der Waals surface area (Å²) in [5, 5.41) is 20.0. The van der Waals surface area contributed by atoms with E-state index in [9.17, 15) is 10.5 Å². The minimum atomic E-state index is 0.111. The number of ether oxygens (including phenoxy) is 2. The first kappa shape index (κ1) is 24.7. The number of nitrogens with zero attached hydrogens (tertiary/aromatic N) is 2. The number of hydrogen-bond acceptors (Lipinski definition) is 6. The van der Waals surface area contributed by atoms with Gasteiger partial charge in [-0.05, 0) is 25.0 Å². The fraction of sp³-hybridized carbons (Fsp3) is 0.417. The highest BCUT2D eigenvalue weighted by molar-refractivity contribution is 7.99. The number of para-hydroxylation sites is 1. The molecule has 7 heteroatoms. The molecule has 0 saturated carbocycles. The Morgan fingerprint density at radius 3 is 2.00 bits per heavy atom. The summed E-state index contributed by atoms with van der Waals surface area (Å²) in [6.45, 7) is 5.06. The van der Waals surface area contributed by atoms with Crippen LogP contribution in [-0.4, -0.2) is 13.2 Å². The molecule has 0 aromatic heterocycles. The third kappa shape index (κ3) is 6.47. The quantitative estimate of drug-likeness (QED) is 0.273. The Morgan fingerprint density at radius 2 is 1.45 bits per heavy atom. The fourth-order valence-electron chi connectivity index (χ4n) is 2.97. The third-order valence-electron chi connectivity index (χ3n) is 4.65. The van der Waals surface area contributed by atoms with Crippen LogP contribution in [0.5, 0.6) is 11.5 Å². The van der Waals surface area contributed by atoms with Gasteiger partial charge in [-0.15, -0.1) is 0 Å². The number of anilines is 1. The van der Waals surface area contributed by atoms with Gasteiger partial charge in [0.2, 0.25) is 0 Å². The molecule has 0 aliphatic heterocycles. The van der Waals surface area contributed by atoms with Crippen molar-refractivity contribution in [3.8, 4) is 23.6 Å². The molecule has 0 unspecified atom stereocenters. The second kappa shape index (κ2) is 13.0. The van der Waals surface area contributed by atoms with Crippen LogP contribution in [-0.2, 0) is 0 Å². The average molecular weight is 458 g/mol. The molecule has 0 spiro atoms. The predicted octanol–water partition coefficient (Wildman–Crippen LogP) is 6.95. The summed E-state index contributed by atoms with van der Waals surface area (Å²) in [7, 11) is 0. The summed E-state index contributed by atoms with van der Waals surface area (Å²) in [5.74, 6) is 0.545. The summed E-state index contributed by atoms with van der Waals surface area (Å²) in [6.07, 6.45) is 5.78. The fourth-order valence-corrected chi connectivity index (χ4v) is 4.31. The molecule has 5 nitrogen and oxygen atoms in total. The number of halogens is 1. The van der Waals surface area contributed by atoms with Crippen LogP contribution in [0.1, 0.15) is 63.5 Å². The Labute approximate surface area is 194 Å². The zero-order chi connectivity index (χ0) is 22.6. The topological polar surface area (TPSA) is 92.1 Å². The zero-order valence-corrected chi connectivity index (χ0v) is 19.6. The normalized spacial score (nSPS) is 10.4. The van der Waals surface area contributed by atoms with E-state index in [0.29, 0.717) is 29.5 Å². The Bertz CT molecular complexity index is 967. The molecule has 2 N–H and O–H groups in total. The molecule has 0 bridgehead atoms. The lowest BCUT2D eigenvalue weighted by Gasteiger charge is -2.19. The summed E-state index contributed by atoms with van der Waals surface area (Å²) >= 11 is 8.07. The van der Waals surface area contributed by atoms with Crippen molar-refractivity contribution in [3.05, 3.63) is 40.4 Å². The number of unbranched alkanes of at least 4 members (excludes halogenated alkanes) is 4. The summed E-state index contributed by atoms with van der Waals surface area (Å²) in [6, 6.07) is 11.6. The number of nitrogen functional groups attached to an aromatic ring is 1. The molecule has 0 aliphatic carbocycles. The van der Waals surface area contributed by atoms with Gasteiger partial charge in [0, 0.05) is 10.6 Å². The van der Waals surface area contributed by atoms with Gasteiger partial charge in [-0.1, -0.05) is 75.0 Å². The first-order chi connectivity index (χ1) is 15.1. The predicted molar refractivity (Wildman–Crippen MR) is 126 cm³/mol. The van der Waals surface area contributed by atoms with Crippen LogP contribution in [0.4, 0.5) is 5.69 Å². The molecule has 0 radical (unpaired) electrons. The molecule has 2 rings (SSSR count). The minimum Gasteiger partial charge on any atom is -0.491 e. The highest BCUT2D eigenvalue weighted by Gasteiger charge is 2.27. The maximum Gasteiger partial charge on any atom is 0.158 e. The van der Waals surface area contributed by atoms with Crippen molar-refractivity contribution in [3.63, 3.8) is 0 Å². The molecule has 31 heavy (non-hydrogen) atoms. The average Bonchev–Trinajstić information content (AvgIpc) is 2.78. The van der Waals surface area contributed by atoms with Gasteiger partial charge in [0.25, 0.3) is 0 Å². The maximum atomic E-state index is 9.89. The zero-order valence-electron chi connectivity index (χ0n) is 18.0. The minimum absolute atomic E-state index is 0.111. The molecule has 0 atom stereocenters. The molecule has 0 heterocycles. The molecular weight excluding hydrogens is 430 g/mol. The molecular formula is C24H28ClN3O2S. The summed E-state index contributed by atoms with van der Waals surface area (Å²) in [4.78, 5) is 1.32. The molecule has 164 valence electrons. The molecule has 2 aromatic carbocycles. The second-order valence-corrected chi connectivity index (χ2v) is 8.46. The van der Waals surface area contributed by atoms with Gasteiger partial charge in [0.15, 0.2) is 11.5 Å². The first-order valence-electron chi connectivity index (χ1n) is 10.6. The van der Waals surface area contributed by atoms with Crippen molar-refractivity contribution in [1.82, 2.24) is 0 Å². The summed E-state index contributed by atoms with van der Waals surface area (Å²) < 4.78 is 11.9. The van der Waals surface area contributed by atoms with Crippen molar-refractivity contribution >= 4 is 29.1 Å². The largest absolute Gasteiger partial charge is 0.491 e. The van der Waals surface area contributed by atoms with Crippen LogP contribution in [0.3, 0.4) is 0 Å². The lowest BCUT2D eigenvalue weighted by molar-refractivity contribution is 0.291. The van der Waals surface area contributed by atoms with Crippen LogP contribution >= 0.6 is 23.4 Å². The molecule has 0 saturated heterocycles. The van der Waals surface area contributed by atoms with E-state index in [1.165, 1.54) is 11.8 Å². The van der Waals surface area contributed by atoms with Gasteiger partial charge in [-0.25, -0.2) is 0 Å². The van der Waals surface area contributed by atoms with E-state index in [1.807, 2.05) is 18.2 Å². The second-order valence-electron chi connectivity index (χ2n) is 7.03. The highest BCUT2D eigenvalue weighted by atomic mass is 35.5. The van der Waals surface area contributed by atoms with Gasteiger partial charge in [0.05, 0.1) is 18.1 Å². The van der Waals surface area contributed by atoms with Crippen LogP contribution in [0.25, 0.3) is 0 Å². The lowest BCUT2D eigenvalue weighted by atomic mass is 10.1. The van der Waals surface area contributed by atoms with Gasteiger partial charge in [-0.3, -0.25) is 0 Å². The Balaban J connectivity index is 2.57.